The quantitative estimate of drug-likeness (QED) is 0.174. The van der Waals surface area contributed by atoms with E-state index in [1.165, 1.54) is 125 Å². The van der Waals surface area contributed by atoms with Crippen LogP contribution in [-0.4, -0.2) is 14.4 Å². The number of hydrogen-bond donors (Lipinski definition) is 0. The van der Waals surface area contributed by atoms with Crippen molar-refractivity contribution < 1.29 is 0 Å². The lowest BCUT2D eigenvalue weighted by Crippen LogP contribution is -2.25. The van der Waals surface area contributed by atoms with Crippen molar-refractivity contribution in [3.05, 3.63) is 76.4 Å². The first-order chi connectivity index (χ1) is 24.5. The van der Waals surface area contributed by atoms with Crippen molar-refractivity contribution in [2.24, 2.45) is 23.7 Å². The van der Waals surface area contributed by atoms with Crippen molar-refractivity contribution in [1.82, 2.24) is 14.4 Å². The number of rotatable bonds is 1. The van der Waals surface area contributed by atoms with Crippen molar-refractivity contribution in [3.63, 3.8) is 0 Å². The van der Waals surface area contributed by atoms with Gasteiger partial charge in [-0.05, 0) is 134 Å². The minimum absolute atomic E-state index is 0.0888. The third-order valence-corrected chi connectivity index (χ3v) is 15.2. The molecule has 0 N–H and O–H groups in total. The summed E-state index contributed by atoms with van der Waals surface area (Å²) < 4.78 is 2.79. The van der Waals surface area contributed by atoms with Gasteiger partial charge in [-0.15, -0.1) is 0 Å². The molecule has 0 radical (unpaired) electrons. The molecular formula is C48H53N3. The monoisotopic (exact) mass is 671 g/mol. The number of pyridine rings is 2. The molecule has 4 heterocycles. The van der Waals surface area contributed by atoms with Crippen LogP contribution in [0.1, 0.15) is 163 Å². The Morgan fingerprint density at radius 1 is 0.490 bits per heavy atom. The van der Waals surface area contributed by atoms with E-state index < -0.39 is 0 Å². The average Bonchev–Trinajstić information content (AvgIpc) is 3.47. The first-order valence-electron chi connectivity index (χ1n) is 20.7. The van der Waals surface area contributed by atoms with E-state index in [4.69, 9.17) is 9.97 Å². The predicted molar refractivity (Wildman–Crippen MR) is 211 cm³/mol. The van der Waals surface area contributed by atoms with Crippen LogP contribution in [0.15, 0.2) is 42.5 Å². The van der Waals surface area contributed by atoms with Crippen molar-refractivity contribution >= 4 is 38.1 Å². The topological polar surface area (TPSA) is 30.2 Å². The zero-order valence-corrected chi connectivity index (χ0v) is 31.6. The Morgan fingerprint density at radius 2 is 0.902 bits per heavy atom. The molecule has 6 aromatic rings. The van der Waals surface area contributed by atoms with E-state index in [0.29, 0.717) is 23.7 Å². The lowest BCUT2D eigenvalue weighted by atomic mass is 9.67. The van der Waals surface area contributed by atoms with Gasteiger partial charge in [-0.3, -0.25) is 9.97 Å². The maximum Gasteiger partial charge on any atom is 0.0766 e. The fourth-order valence-corrected chi connectivity index (χ4v) is 13.7. The zero-order chi connectivity index (χ0) is 34.3. The summed E-state index contributed by atoms with van der Waals surface area (Å²) in [7, 11) is 0. The van der Waals surface area contributed by atoms with E-state index >= 15 is 0 Å². The zero-order valence-electron chi connectivity index (χ0n) is 31.6. The van der Waals surface area contributed by atoms with E-state index in [9.17, 15) is 0 Å². The van der Waals surface area contributed by atoms with Crippen LogP contribution < -0.4 is 0 Å². The summed E-state index contributed by atoms with van der Waals surface area (Å²) in [6.07, 6.45) is 13.7. The Hall–Kier alpha value is -3.46. The van der Waals surface area contributed by atoms with Crippen LogP contribution in [0.4, 0.5) is 0 Å². The first kappa shape index (κ1) is 30.0. The van der Waals surface area contributed by atoms with Crippen LogP contribution >= 0.6 is 0 Å². The van der Waals surface area contributed by atoms with Gasteiger partial charge in [0, 0.05) is 55.6 Å². The van der Waals surface area contributed by atoms with Gasteiger partial charge >= 0.3 is 0 Å². The molecule has 4 saturated carbocycles. The second-order valence-electron chi connectivity index (χ2n) is 20.7. The minimum Gasteiger partial charge on any atom is -0.304 e. The molecule has 4 unspecified atom stereocenters. The Labute approximate surface area is 303 Å². The van der Waals surface area contributed by atoms with Crippen LogP contribution in [0.5, 0.6) is 0 Å². The molecule has 0 amide bonds. The summed E-state index contributed by atoms with van der Waals surface area (Å²) in [4.78, 5) is 11.9. The van der Waals surface area contributed by atoms with Crippen molar-refractivity contribution in [3.8, 4) is 11.1 Å². The number of benzene rings is 2. The minimum atomic E-state index is -0.0888. The molecule has 0 saturated heterocycles. The van der Waals surface area contributed by atoms with Gasteiger partial charge in [0.25, 0.3) is 0 Å². The summed E-state index contributed by atoms with van der Waals surface area (Å²) in [5.74, 6) is 5.94. The molecule has 8 aliphatic rings. The smallest absolute Gasteiger partial charge is 0.0766 e. The number of nitrogens with zero attached hydrogens (tertiary/aromatic N) is 3. The Bertz CT molecular complexity index is 2280. The molecule has 14 rings (SSSR count). The Morgan fingerprint density at radius 3 is 1.31 bits per heavy atom. The van der Waals surface area contributed by atoms with Gasteiger partial charge in [0.15, 0.2) is 0 Å². The second-order valence-corrected chi connectivity index (χ2v) is 20.7. The van der Waals surface area contributed by atoms with E-state index in [0.717, 1.165) is 23.7 Å². The highest BCUT2D eigenvalue weighted by atomic mass is 15.0. The molecule has 3 nitrogen and oxygen atoms in total. The maximum absolute atomic E-state index is 5.97. The van der Waals surface area contributed by atoms with Gasteiger partial charge in [-0.2, -0.15) is 0 Å². The summed E-state index contributed by atoms with van der Waals surface area (Å²) in [5.41, 5.74) is 15.7. The maximum atomic E-state index is 5.97. The van der Waals surface area contributed by atoms with E-state index in [2.05, 4.69) is 88.4 Å². The summed E-state index contributed by atoms with van der Waals surface area (Å²) >= 11 is 0. The molecule has 3 heteroatoms. The number of aromatic nitrogens is 3. The molecule has 0 spiro atoms. The Balaban J connectivity index is 1.34. The summed E-state index contributed by atoms with van der Waals surface area (Å²) in [5, 5.41) is 6.07. The van der Waals surface area contributed by atoms with Gasteiger partial charge in [0.05, 0.1) is 27.9 Å². The average molecular weight is 672 g/mol. The van der Waals surface area contributed by atoms with Gasteiger partial charge < -0.3 is 4.40 Å². The van der Waals surface area contributed by atoms with E-state index in [-0.39, 0.29) is 10.8 Å². The largest absolute Gasteiger partial charge is 0.304 e. The van der Waals surface area contributed by atoms with Gasteiger partial charge in [-0.1, -0.05) is 71.9 Å². The van der Waals surface area contributed by atoms with Crippen LogP contribution in [0, 0.1) is 23.7 Å². The standard InChI is InChI=1S/C48H53N3/c1-47(2,3)45-43-38(36-30-14-24-12-25(15-30)19-32(18-24)40(36)49-45)34-22-29(28-10-8-7-9-11-28)23-35-39-37-31-16-26-13-27(17-31)21-33(20-26)41(37)50-46(48(4,5)6)44(39)51(43)42(34)35/h7-11,22-27,30-33H,12-21H2,1-6H3. The normalized spacial score (nSPS) is 30.9. The summed E-state index contributed by atoms with van der Waals surface area (Å²) in [6.45, 7) is 14.5. The lowest BCUT2D eigenvalue weighted by molar-refractivity contribution is 0.165. The van der Waals surface area contributed by atoms with Crippen molar-refractivity contribution in [2.75, 3.05) is 0 Å². The molecule has 260 valence electrons. The highest BCUT2D eigenvalue weighted by Crippen LogP contribution is 2.61. The molecule has 8 aliphatic carbocycles. The summed E-state index contributed by atoms with van der Waals surface area (Å²) in [6, 6.07) is 16.5. The predicted octanol–water partition coefficient (Wildman–Crippen LogP) is 12.7. The van der Waals surface area contributed by atoms with Crippen molar-refractivity contribution in [2.45, 2.75) is 140 Å². The van der Waals surface area contributed by atoms with Crippen LogP contribution in [-0.2, 0) is 10.8 Å². The molecule has 2 aromatic carbocycles. The fourth-order valence-electron chi connectivity index (χ4n) is 13.7. The molecule has 51 heavy (non-hydrogen) atoms. The van der Waals surface area contributed by atoms with Gasteiger partial charge in [0.2, 0.25) is 0 Å². The third-order valence-electron chi connectivity index (χ3n) is 15.2. The fraction of sp³-hybridized carbons (Fsp3) is 0.542. The highest BCUT2D eigenvalue weighted by molar-refractivity contribution is 6.26. The van der Waals surface area contributed by atoms with E-state index in [1.807, 2.05) is 0 Å². The molecule has 4 fully saturated rings. The SMILES string of the molecule is CC(C)(C)c1nc2c(c3c4cc(-c5ccccc5)cc5c6c7c(nc(C(C)(C)C)c6n(c13)c45)C1CC3CC(C1)CC7C3)C1CC3CC(CC2C3)C1. The van der Waals surface area contributed by atoms with Gasteiger partial charge in [-0.25, -0.2) is 0 Å². The van der Waals surface area contributed by atoms with Gasteiger partial charge in [0.1, 0.15) is 0 Å². The first-order valence-corrected chi connectivity index (χ1v) is 20.7. The van der Waals surface area contributed by atoms with Crippen molar-refractivity contribution in [1.29, 1.82) is 0 Å². The van der Waals surface area contributed by atoms with Crippen LogP contribution in [0.3, 0.4) is 0 Å². The third kappa shape index (κ3) is 3.97. The lowest BCUT2D eigenvalue weighted by Gasteiger charge is -2.38. The van der Waals surface area contributed by atoms with Crippen LogP contribution in [0.25, 0.3) is 49.2 Å². The Kier molecular flexibility index (Phi) is 5.74. The molecule has 8 bridgehead atoms. The molecule has 4 atom stereocenters. The number of hydrogen-bond acceptors (Lipinski definition) is 2. The van der Waals surface area contributed by atoms with E-state index in [1.54, 1.807) is 21.9 Å². The highest BCUT2D eigenvalue weighted by Gasteiger charge is 2.48. The molecular weight excluding hydrogens is 619 g/mol. The molecule has 4 aromatic heterocycles. The molecule has 0 aliphatic heterocycles. The number of fused-ring (bicyclic) bond motifs is 6. The second kappa shape index (κ2) is 9.74. The van der Waals surface area contributed by atoms with Crippen LogP contribution in [0.2, 0.25) is 0 Å².